The number of ether oxygens (including phenoxy) is 1. The summed E-state index contributed by atoms with van der Waals surface area (Å²) in [5.74, 6) is 1.51. The van der Waals surface area contributed by atoms with Gasteiger partial charge in [-0.25, -0.2) is 0 Å². The van der Waals surface area contributed by atoms with E-state index >= 15 is 0 Å². The smallest absolute Gasteiger partial charge is 0.238 e. The van der Waals surface area contributed by atoms with E-state index in [1.165, 1.54) is 0 Å². The van der Waals surface area contributed by atoms with Gasteiger partial charge in [-0.1, -0.05) is 22.0 Å². The minimum absolute atomic E-state index is 0.351. The Morgan fingerprint density at radius 3 is 2.69 bits per heavy atom. The third kappa shape index (κ3) is 2.93. The lowest BCUT2D eigenvalue weighted by molar-refractivity contribution is 0.454. The molecule has 1 heterocycles. The predicted octanol–water partition coefficient (Wildman–Crippen LogP) is 3.77. The van der Waals surface area contributed by atoms with Gasteiger partial charge in [0, 0.05) is 10.5 Å². The van der Waals surface area contributed by atoms with Crippen molar-refractivity contribution in [3.63, 3.8) is 0 Å². The van der Waals surface area contributed by atoms with E-state index in [1.807, 2.05) is 24.3 Å². The SMILES string of the molecule is ClCc1ccc(Oc2cccc(Br)c2)nn1. The van der Waals surface area contributed by atoms with Crippen molar-refractivity contribution in [1.29, 1.82) is 0 Å². The third-order valence-electron chi connectivity index (χ3n) is 1.85. The van der Waals surface area contributed by atoms with E-state index in [2.05, 4.69) is 26.1 Å². The zero-order chi connectivity index (χ0) is 11.4. The summed E-state index contributed by atoms with van der Waals surface area (Å²) < 4.78 is 6.47. The highest BCUT2D eigenvalue weighted by Gasteiger charge is 2.00. The van der Waals surface area contributed by atoms with Gasteiger partial charge in [-0.3, -0.25) is 0 Å². The first-order chi connectivity index (χ1) is 7.78. The Hall–Kier alpha value is -1.13. The van der Waals surface area contributed by atoms with Gasteiger partial charge in [0.05, 0.1) is 11.6 Å². The van der Waals surface area contributed by atoms with Gasteiger partial charge in [0.25, 0.3) is 0 Å². The van der Waals surface area contributed by atoms with Crippen molar-refractivity contribution in [2.75, 3.05) is 0 Å². The van der Waals surface area contributed by atoms with Crippen molar-refractivity contribution in [3.05, 3.63) is 46.6 Å². The maximum atomic E-state index is 5.61. The van der Waals surface area contributed by atoms with E-state index in [0.717, 1.165) is 10.2 Å². The molecule has 82 valence electrons. The first-order valence-corrected chi connectivity index (χ1v) is 5.92. The number of nitrogens with zero attached hydrogens (tertiary/aromatic N) is 2. The van der Waals surface area contributed by atoms with Gasteiger partial charge in [-0.05, 0) is 24.3 Å². The van der Waals surface area contributed by atoms with Gasteiger partial charge in [0.15, 0.2) is 0 Å². The Morgan fingerprint density at radius 1 is 1.19 bits per heavy atom. The van der Waals surface area contributed by atoms with Crippen molar-refractivity contribution in [2.45, 2.75) is 5.88 Å². The minimum atomic E-state index is 0.351. The molecule has 3 nitrogen and oxygen atoms in total. The molecule has 16 heavy (non-hydrogen) atoms. The molecule has 0 saturated heterocycles. The molecule has 0 amide bonds. The second-order valence-corrected chi connectivity index (χ2v) is 4.24. The molecule has 1 aromatic carbocycles. The lowest BCUT2D eigenvalue weighted by Crippen LogP contribution is -1.93. The Bertz CT molecular complexity index is 476. The van der Waals surface area contributed by atoms with E-state index in [9.17, 15) is 0 Å². The van der Waals surface area contributed by atoms with Crippen LogP contribution >= 0.6 is 27.5 Å². The summed E-state index contributed by atoms with van der Waals surface area (Å²) >= 11 is 8.98. The molecule has 0 aliphatic carbocycles. The van der Waals surface area contributed by atoms with Gasteiger partial charge in [0.2, 0.25) is 5.88 Å². The lowest BCUT2D eigenvalue weighted by Gasteiger charge is -2.04. The van der Waals surface area contributed by atoms with Crippen LogP contribution in [0.25, 0.3) is 0 Å². The van der Waals surface area contributed by atoms with Crippen LogP contribution in [-0.2, 0) is 5.88 Å². The van der Waals surface area contributed by atoms with E-state index in [4.69, 9.17) is 16.3 Å². The highest BCUT2D eigenvalue weighted by molar-refractivity contribution is 9.10. The molecular weight excluding hydrogens is 291 g/mol. The number of hydrogen-bond acceptors (Lipinski definition) is 3. The number of alkyl halides is 1. The average molecular weight is 300 g/mol. The van der Waals surface area contributed by atoms with Crippen molar-refractivity contribution in [3.8, 4) is 11.6 Å². The summed E-state index contributed by atoms with van der Waals surface area (Å²) in [6, 6.07) is 11.0. The van der Waals surface area contributed by atoms with Crippen LogP contribution in [0.4, 0.5) is 0 Å². The minimum Gasteiger partial charge on any atom is -0.437 e. The number of halogens is 2. The van der Waals surface area contributed by atoms with Crippen molar-refractivity contribution in [1.82, 2.24) is 10.2 Å². The summed E-state index contributed by atoms with van der Waals surface area (Å²) in [4.78, 5) is 0. The molecule has 0 spiro atoms. The van der Waals surface area contributed by atoms with Gasteiger partial charge < -0.3 is 4.74 Å². The highest BCUT2D eigenvalue weighted by Crippen LogP contribution is 2.22. The largest absolute Gasteiger partial charge is 0.437 e. The Labute approximate surface area is 107 Å². The van der Waals surface area contributed by atoms with Crippen LogP contribution in [0.1, 0.15) is 5.69 Å². The maximum Gasteiger partial charge on any atom is 0.238 e. The Morgan fingerprint density at radius 2 is 2.06 bits per heavy atom. The fraction of sp³-hybridized carbons (Fsp3) is 0.0909. The maximum absolute atomic E-state index is 5.61. The second-order valence-electron chi connectivity index (χ2n) is 3.06. The third-order valence-corrected chi connectivity index (χ3v) is 2.62. The van der Waals surface area contributed by atoms with Crippen LogP contribution in [0.5, 0.6) is 11.6 Å². The van der Waals surface area contributed by atoms with Crippen LogP contribution in [0.3, 0.4) is 0 Å². The van der Waals surface area contributed by atoms with Crippen LogP contribution < -0.4 is 4.74 Å². The monoisotopic (exact) mass is 298 g/mol. The molecule has 0 atom stereocenters. The van der Waals surface area contributed by atoms with Crippen molar-refractivity contribution in [2.24, 2.45) is 0 Å². The normalized spacial score (nSPS) is 10.1. The van der Waals surface area contributed by atoms with Crippen LogP contribution in [0.15, 0.2) is 40.9 Å². The molecule has 0 N–H and O–H groups in total. The summed E-state index contributed by atoms with van der Waals surface area (Å²) in [5, 5.41) is 7.80. The summed E-state index contributed by atoms with van der Waals surface area (Å²) in [6.07, 6.45) is 0. The molecule has 0 aliphatic heterocycles. The van der Waals surface area contributed by atoms with Gasteiger partial charge in [0.1, 0.15) is 5.75 Å². The summed E-state index contributed by atoms with van der Waals surface area (Å²) in [5.41, 5.74) is 0.725. The molecule has 5 heteroatoms. The summed E-state index contributed by atoms with van der Waals surface area (Å²) in [7, 11) is 0. The Balaban J connectivity index is 2.14. The molecule has 0 radical (unpaired) electrons. The van der Waals surface area contributed by atoms with Gasteiger partial charge in [-0.15, -0.1) is 16.7 Å². The summed E-state index contributed by atoms with van der Waals surface area (Å²) in [6.45, 7) is 0. The number of aromatic nitrogens is 2. The molecule has 0 saturated carbocycles. The number of benzene rings is 1. The molecule has 0 aliphatic rings. The van der Waals surface area contributed by atoms with Crippen molar-refractivity contribution < 1.29 is 4.74 Å². The predicted molar refractivity (Wildman–Crippen MR) is 65.8 cm³/mol. The fourth-order valence-corrected chi connectivity index (χ4v) is 1.65. The Kier molecular flexibility index (Phi) is 3.74. The standard InChI is InChI=1S/C11H8BrClN2O/c12-8-2-1-3-10(6-8)16-11-5-4-9(7-13)14-15-11/h1-6H,7H2. The average Bonchev–Trinajstić information content (AvgIpc) is 2.30. The van der Waals surface area contributed by atoms with E-state index < -0.39 is 0 Å². The van der Waals surface area contributed by atoms with Crippen molar-refractivity contribution >= 4 is 27.5 Å². The number of rotatable bonds is 3. The topological polar surface area (TPSA) is 35.0 Å². The van der Waals surface area contributed by atoms with Gasteiger partial charge in [-0.2, -0.15) is 5.10 Å². The molecule has 1 aromatic heterocycles. The molecule has 0 fully saturated rings. The highest BCUT2D eigenvalue weighted by atomic mass is 79.9. The lowest BCUT2D eigenvalue weighted by atomic mass is 10.3. The molecule has 2 aromatic rings. The molecule has 0 unspecified atom stereocenters. The quantitative estimate of drug-likeness (QED) is 0.809. The first kappa shape index (κ1) is 11.4. The van der Waals surface area contributed by atoms with E-state index in [-0.39, 0.29) is 0 Å². The zero-order valence-electron chi connectivity index (χ0n) is 8.23. The van der Waals surface area contributed by atoms with Crippen LogP contribution in [-0.4, -0.2) is 10.2 Å². The van der Waals surface area contributed by atoms with E-state index in [1.54, 1.807) is 12.1 Å². The molecule has 0 bridgehead atoms. The number of hydrogen-bond donors (Lipinski definition) is 0. The van der Waals surface area contributed by atoms with E-state index in [0.29, 0.717) is 17.5 Å². The molecular formula is C11H8BrClN2O. The first-order valence-electron chi connectivity index (χ1n) is 4.60. The molecule has 2 rings (SSSR count). The second kappa shape index (κ2) is 5.27. The van der Waals surface area contributed by atoms with Crippen LogP contribution in [0, 0.1) is 0 Å². The zero-order valence-corrected chi connectivity index (χ0v) is 10.6. The van der Waals surface area contributed by atoms with Gasteiger partial charge >= 0.3 is 0 Å². The van der Waals surface area contributed by atoms with Crippen LogP contribution in [0.2, 0.25) is 0 Å². The fourth-order valence-electron chi connectivity index (χ4n) is 1.12.